The molecule has 0 heterocycles. The molecule has 0 spiro atoms. The highest BCUT2D eigenvalue weighted by Crippen LogP contribution is 2.24. The van der Waals surface area contributed by atoms with Gasteiger partial charge in [-0.05, 0) is 39.2 Å². The second-order valence-corrected chi connectivity index (χ2v) is 8.16. The average Bonchev–Trinajstić information content (AvgIpc) is 2.31. The molecule has 1 rings (SSSR count). The van der Waals surface area contributed by atoms with Gasteiger partial charge in [-0.3, -0.25) is 0 Å². The largest absolute Gasteiger partial charge is 0.399 e. The quantitative estimate of drug-likeness (QED) is 0.818. The molecule has 7 heteroatoms. The molecule has 0 aliphatic rings. The Hall–Kier alpha value is -0.790. The van der Waals surface area contributed by atoms with Gasteiger partial charge in [0.2, 0.25) is 10.0 Å². The van der Waals surface area contributed by atoms with Crippen molar-refractivity contribution in [3.63, 3.8) is 0 Å². The molecule has 0 saturated carbocycles. The second kappa shape index (κ2) is 5.68. The number of hydrogen-bond donors (Lipinski definition) is 2. The maximum absolute atomic E-state index is 13.5. The SMILES string of the molecule is CSC(C)(C)CNS(=O)(=O)c1cc(N)cc(F)c1C. The zero-order valence-corrected chi connectivity index (χ0v) is 13.1. The van der Waals surface area contributed by atoms with Crippen LogP contribution in [0.25, 0.3) is 0 Å². The molecular weight excluding hydrogens is 287 g/mol. The van der Waals surface area contributed by atoms with Crippen LogP contribution in [0.5, 0.6) is 0 Å². The molecule has 1 aromatic carbocycles. The molecular formula is C12H19FN2O2S2. The molecule has 0 bridgehead atoms. The fraction of sp³-hybridized carbons (Fsp3) is 0.500. The van der Waals surface area contributed by atoms with Crippen molar-refractivity contribution in [2.24, 2.45) is 0 Å². The van der Waals surface area contributed by atoms with Gasteiger partial charge >= 0.3 is 0 Å². The van der Waals surface area contributed by atoms with Crippen molar-refractivity contribution >= 4 is 27.5 Å². The molecule has 0 amide bonds. The van der Waals surface area contributed by atoms with E-state index in [4.69, 9.17) is 5.73 Å². The summed E-state index contributed by atoms with van der Waals surface area (Å²) >= 11 is 1.55. The minimum absolute atomic E-state index is 0.0728. The zero-order valence-electron chi connectivity index (χ0n) is 11.5. The number of hydrogen-bond acceptors (Lipinski definition) is 4. The minimum Gasteiger partial charge on any atom is -0.399 e. The van der Waals surface area contributed by atoms with Crippen molar-refractivity contribution < 1.29 is 12.8 Å². The average molecular weight is 306 g/mol. The van der Waals surface area contributed by atoms with Gasteiger partial charge in [0.1, 0.15) is 5.82 Å². The third-order valence-corrected chi connectivity index (χ3v) is 5.63. The van der Waals surface area contributed by atoms with Crippen LogP contribution < -0.4 is 10.5 Å². The molecule has 0 atom stereocenters. The summed E-state index contributed by atoms with van der Waals surface area (Å²) in [7, 11) is -3.76. The van der Waals surface area contributed by atoms with E-state index in [1.54, 1.807) is 11.8 Å². The lowest BCUT2D eigenvalue weighted by molar-refractivity contribution is 0.565. The Bertz CT molecular complexity index is 571. The summed E-state index contributed by atoms with van der Waals surface area (Å²) in [4.78, 5) is -0.109. The first kappa shape index (κ1) is 16.3. The van der Waals surface area contributed by atoms with Crippen LogP contribution in [0.4, 0.5) is 10.1 Å². The van der Waals surface area contributed by atoms with Crippen LogP contribution in [-0.4, -0.2) is 26.0 Å². The first-order valence-corrected chi connectivity index (χ1v) is 8.40. The van der Waals surface area contributed by atoms with E-state index < -0.39 is 15.8 Å². The van der Waals surface area contributed by atoms with E-state index in [1.165, 1.54) is 13.0 Å². The summed E-state index contributed by atoms with van der Waals surface area (Å²) in [5.41, 5.74) is 5.66. The molecule has 0 aliphatic heterocycles. The summed E-state index contributed by atoms with van der Waals surface area (Å²) in [6.45, 7) is 5.52. The lowest BCUT2D eigenvalue weighted by Crippen LogP contribution is -2.36. The van der Waals surface area contributed by atoms with E-state index in [0.29, 0.717) is 0 Å². The third-order valence-electron chi connectivity index (χ3n) is 2.85. The number of sulfonamides is 1. The van der Waals surface area contributed by atoms with Crippen molar-refractivity contribution in [1.82, 2.24) is 4.72 Å². The number of thioether (sulfide) groups is 1. The van der Waals surface area contributed by atoms with Gasteiger partial charge in [-0.25, -0.2) is 17.5 Å². The van der Waals surface area contributed by atoms with Gasteiger partial charge in [0.05, 0.1) is 4.90 Å². The molecule has 108 valence electrons. The Balaban J connectivity index is 3.08. The highest BCUT2D eigenvalue weighted by atomic mass is 32.2. The number of benzene rings is 1. The lowest BCUT2D eigenvalue weighted by Gasteiger charge is -2.22. The molecule has 0 radical (unpaired) electrons. The van der Waals surface area contributed by atoms with E-state index in [2.05, 4.69) is 4.72 Å². The number of rotatable bonds is 5. The second-order valence-electron chi connectivity index (χ2n) is 4.91. The van der Waals surface area contributed by atoms with Gasteiger partial charge in [-0.15, -0.1) is 0 Å². The predicted octanol–water partition coefficient (Wildman–Crippen LogP) is 2.14. The summed E-state index contributed by atoms with van der Waals surface area (Å²) in [5, 5.41) is 0. The fourth-order valence-electron chi connectivity index (χ4n) is 1.37. The Morgan fingerprint density at radius 3 is 2.53 bits per heavy atom. The van der Waals surface area contributed by atoms with Gasteiger partial charge in [0.25, 0.3) is 0 Å². The third kappa shape index (κ3) is 4.09. The molecule has 0 saturated heterocycles. The zero-order chi connectivity index (χ0) is 14.8. The van der Waals surface area contributed by atoms with Crippen LogP contribution in [0.3, 0.4) is 0 Å². The number of nitrogens with two attached hydrogens (primary N) is 1. The van der Waals surface area contributed by atoms with Crippen LogP contribution in [0.15, 0.2) is 17.0 Å². The van der Waals surface area contributed by atoms with Gasteiger partial charge in [0, 0.05) is 22.5 Å². The van der Waals surface area contributed by atoms with Gasteiger partial charge in [-0.2, -0.15) is 11.8 Å². The van der Waals surface area contributed by atoms with E-state index in [9.17, 15) is 12.8 Å². The minimum atomic E-state index is -3.76. The molecule has 1 aromatic rings. The van der Waals surface area contributed by atoms with Crippen molar-refractivity contribution in [2.75, 3.05) is 18.5 Å². The van der Waals surface area contributed by atoms with E-state index in [0.717, 1.165) is 6.07 Å². The van der Waals surface area contributed by atoms with Crippen molar-refractivity contribution in [1.29, 1.82) is 0 Å². The van der Waals surface area contributed by atoms with Gasteiger partial charge < -0.3 is 5.73 Å². The Labute approximate surface area is 118 Å². The van der Waals surface area contributed by atoms with Gasteiger partial charge in [0.15, 0.2) is 0 Å². The highest BCUT2D eigenvalue weighted by molar-refractivity contribution is 8.00. The summed E-state index contributed by atoms with van der Waals surface area (Å²) in [6, 6.07) is 2.38. The summed E-state index contributed by atoms with van der Waals surface area (Å²) in [6.07, 6.45) is 1.90. The summed E-state index contributed by atoms with van der Waals surface area (Å²) < 4.78 is 40.1. The van der Waals surface area contributed by atoms with Gasteiger partial charge in [-0.1, -0.05) is 0 Å². The molecule has 3 N–H and O–H groups in total. The molecule has 0 aromatic heterocycles. The van der Waals surface area contributed by atoms with Crippen LogP contribution in [0, 0.1) is 12.7 Å². The van der Waals surface area contributed by atoms with E-state index in [-0.39, 0.29) is 27.4 Å². The number of halogens is 1. The smallest absolute Gasteiger partial charge is 0.241 e. The normalized spacial score (nSPS) is 12.7. The molecule has 0 unspecified atom stereocenters. The molecule has 19 heavy (non-hydrogen) atoms. The Morgan fingerprint density at radius 2 is 2.00 bits per heavy atom. The van der Waals surface area contributed by atoms with E-state index >= 15 is 0 Å². The molecule has 0 fully saturated rings. The topological polar surface area (TPSA) is 72.2 Å². The van der Waals surface area contributed by atoms with Crippen LogP contribution in [0.2, 0.25) is 0 Å². The van der Waals surface area contributed by atoms with Crippen LogP contribution in [-0.2, 0) is 10.0 Å². The van der Waals surface area contributed by atoms with Crippen molar-refractivity contribution in [3.05, 3.63) is 23.5 Å². The Kier molecular flexibility index (Phi) is 4.86. The predicted molar refractivity (Wildman–Crippen MR) is 78.3 cm³/mol. The fourth-order valence-corrected chi connectivity index (χ4v) is 3.18. The monoisotopic (exact) mass is 306 g/mol. The van der Waals surface area contributed by atoms with Crippen LogP contribution >= 0.6 is 11.8 Å². The maximum Gasteiger partial charge on any atom is 0.241 e. The standard InChI is InChI=1S/C12H19FN2O2S2/c1-8-10(13)5-9(14)6-11(8)19(16,17)15-7-12(2,3)18-4/h5-6,15H,7,14H2,1-4H3. The first-order chi connectivity index (χ1) is 8.59. The highest BCUT2D eigenvalue weighted by Gasteiger charge is 2.24. The molecule has 4 nitrogen and oxygen atoms in total. The first-order valence-electron chi connectivity index (χ1n) is 5.69. The molecule has 0 aliphatic carbocycles. The van der Waals surface area contributed by atoms with Crippen LogP contribution in [0.1, 0.15) is 19.4 Å². The number of nitrogens with one attached hydrogen (secondary N) is 1. The number of anilines is 1. The lowest BCUT2D eigenvalue weighted by atomic mass is 10.2. The number of nitrogen functional groups attached to an aromatic ring is 1. The maximum atomic E-state index is 13.5. The van der Waals surface area contributed by atoms with E-state index in [1.807, 2.05) is 20.1 Å². The Morgan fingerprint density at radius 1 is 1.42 bits per heavy atom. The van der Waals surface area contributed by atoms with Crippen molar-refractivity contribution in [2.45, 2.75) is 30.4 Å². The summed E-state index contributed by atoms with van der Waals surface area (Å²) in [5.74, 6) is -0.621. The van der Waals surface area contributed by atoms with Crippen molar-refractivity contribution in [3.8, 4) is 0 Å².